The average Bonchev–Trinajstić information content (AvgIpc) is 3.29. The SMILES string of the molecule is CC(=O)c1cc(C2CCOC2)n2cccc(Cl)c12.CCC1CCCC(F)(F)C1. The van der Waals surface area contributed by atoms with Crippen molar-refractivity contribution in [3.8, 4) is 0 Å². The Labute approximate surface area is 170 Å². The van der Waals surface area contributed by atoms with Gasteiger partial charge in [-0.2, -0.15) is 0 Å². The lowest BCUT2D eigenvalue weighted by molar-refractivity contribution is -0.0528. The molecule has 0 bridgehead atoms. The molecule has 1 saturated heterocycles. The number of nitrogens with zero attached hydrogens (tertiary/aromatic N) is 1. The van der Waals surface area contributed by atoms with Gasteiger partial charge in [-0.3, -0.25) is 4.79 Å². The van der Waals surface area contributed by atoms with E-state index in [1.54, 1.807) is 6.92 Å². The standard InChI is InChI=1S/C14H14ClNO2.C8H14F2/c1-9(17)11-7-13(10-4-6-18-8-10)16-5-2-3-12(15)14(11)16;1-2-7-4-3-5-8(9,10)6-7/h2-3,5,7,10H,4,6,8H2,1H3;7H,2-6H2,1H3. The topological polar surface area (TPSA) is 30.7 Å². The van der Waals surface area contributed by atoms with Crippen LogP contribution in [0.25, 0.3) is 5.52 Å². The molecule has 1 saturated carbocycles. The van der Waals surface area contributed by atoms with Gasteiger partial charge in [-0.1, -0.05) is 31.4 Å². The zero-order valence-electron chi connectivity index (χ0n) is 16.5. The molecule has 2 atom stereocenters. The molecule has 2 aromatic heterocycles. The Morgan fingerprint density at radius 2 is 2.18 bits per heavy atom. The molecule has 0 N–H and O–H groups in total. The van der Waals surface area contributed by atoms with Crippen molar-refractivity contribution in [1.82, 2.24) is 4.40 Å². The maximum absolute atomic E-state index is 12.6. The molecule has 0 amide bonds. The number of alkyl halides is 2. The fourth-order valence-electron chi connectivity index (χ4n) is 4.22. The van der Waals surface area contributed by atoms with Crippen LogP contribution < -0.4 is 0 Å². The number of carbonyl (C=O) groups excluding carboxylic acids is 1. The van der Waals surface area contributed by atoms with Crippen LogP contribution >= 0.6 is 11.6 Å². The first-order chi connectivity index (χ1) is 13.3. The summed E-state index contributed by atoms with van der Waals surface area (Å²) in [6, 6.07) is 5.68. The summed E-state index contributed by atoms with van der Waals surface area (Å²) >= 11 is 6.22. The molecule has 28 heavy (non-hydrogen) atoms. The second-order valence-corrected chi connectivity index (χ2v) is 8.31. The number of carbonyl (C=O) groups is 1. The molecular formula is C22H28ClF2NO2. The van der Waals surface area contributed by atoms with Gasteiger partial charge in [-0.25, -0.2) is 8.78 Å². The van der Waals surface area contributed by atoms with Crippen LogP contribution in [0, 0.1) is 5.92 Å². The first-order valence-corrected chi connectivity index (χ1v) is 10.5. The van der Waals surface area contributed by atoms with Gasteiger partial charge < -0.3 is 9.14 Å². The molecule has 4 rings (SSSR count). The Bertz CT molecular complexity index is 827. The number of pyridine rings is 1. The summed E-state index contributed by atoms with van der Waals surface area (Å²) in [6.07, 6.45) is 5.83. The predicted molar refractivity (Wildman–Crippen MR) is 108 cm³/mol. The van der Waals surface area contributed by atoms with E-state index in [2.05, 4.69) is 0 Å². The fourth-order valence-corrected chi connectivity index (χ4v) is 4.48. The van der Waals surface area contributed by atoms with Gasteiger partial charge >= 0.3 is 0 Å². The van der Waals surface area contributed by atoms with Gasteiger partial charge in [-0.15, -0.1) is 0 Å². The number of aromatic nitrogens is 1. The normalized spacial score (nSPS) is 24.0. The molecule has 154 valence electrons. The number of hydrogen-bond donors (Lipinski definition) is 0. The molecule has 6 heteroatoms. The van der Waals surface area contributed by atoms with Crippen molar-refractivity contribution < 1.29 is 18.3 Å². The zero-order valence-corrected chi connectivity index (χ0v) is 17.3. The third kappa shape index (κ3) is 4.74. The number of fused-ring (bicyclic) bond motifs is 1. The zero-order chi connectivity index (χ0) is 20.3. The molecule has 2 aliphatic rings. The minimum atomic E-state index is -2.35. The van der Waals surface area contributed by atoms with Crippen LogP contribution in [0.3, 0.4) is 0 Å². The van der Waals surface area contributed by atoms with Gasteiger partial charge in [0.05, 0.1) is 17.1 Å². The third-order valence-electron chi connectivity index (χ3n) is 5.82. The molecule has 1 aliphatic heterocycles. The number of halogens is 3. The quantitative estimate of drug-likeness (QED) is 0.538. The lowest BCUT2D eigenvalue weighted by Gasteiger charge is -2.27. The predicted octanol–water partition coefficient (Wildman–Crippen LogP) is 6.52. The Kier molecular flexibility index (Phi) is 6.77. The molecule has 0 aromatic carbocycles. The van der Waals surface area contributed by atoms with Gasteiger partial charge in [0.25, 0.3) is 0 Å². The Morgan fingerprint density at radius 1 is 1.39 bits per heavy atom. The second kappa shape index (κ2) is 8.91. The highest BCUT2D eigenvalue weighted by Crippen LogP contribution is 2.37. The summed E-state index contributed by atoms with van der Waals surface area (Å²) in [5, 5.41) is 0.618. The van der Waals surface area contributed by atoms with Crippen molar-refractivity contribution in [2.45, 2.75) is 64.2 Å². The monoisotopic (exact) mass is 411 g/mol. The van der Waals surface area contributed by atoms with Gasteiger partial charge in [-0.05, 0) is 43.9 Å². The molecular weight excluding hydrogens is 384 g/mol. The smallest absolute Gasteiger partial charge is 0.248 e. The van der Waals surface area contributed by atoms with E-state index in [1.807, 2.05) is 35.7 Å². The van der Waals surface area contributed by atoms with E-state index in [0.29, 0.717) is 22.9 Å². The molecule has 2 unspecified atom stereocenters. The number of ether oxygens (including phenoxy) is 1. The second-order valence-electron chi connectivity index (χ2n) is 7.90. The van der Waals surface area contributed by atoms with Gasteiger partial charge in [0, 0.05) is 42.8 Å². The third-order valence-corrected chi connectivity index (χ3v) is 6.12. The van der Waals surface area contributed by atoms with Gasteiger partial charge in [0.1, 0.15) is 0 Å². The highest BCUT2D eigenvalue weighted by Gasteiger charge is 2.35. The minimum absolute atomic E-state index is 0.0470. The summed E-state index contributed by atoms with van der Waals surface area (Å²) in [5.41, 5.74) is 2.63. The molecule has 3 nitrogen and oxygen atoms in total. The van der Waals surface area contributed by atoms with Crippen LogP contribution in [-0.4, -0.2) is 29.3 Å². The lowest BCUT2D eigenvalue weighted by Crippen LogP contribution is -2.25. The van der Waals surface area contributed by atoms with Crippen LogP contribution in [0.5, 0.6) is 0 Å². The Hall–Kier alpha value is -1.46. The first kappa shape index (κ1) is 21.3. The number of ketones is 1. The number of Topliss-reactive ketones (excluding diaryl/α,β-unsaturated/α-hetero) is 1. The van der Waals surface area contributed by atoms with Crippen LogP contribution in [0.1, 0.15) is 74.3 Å². The number of hydrogen-bond acceptors (Lipinski definition) is 2. The molecule has 2 fully saturated rings. The van der Waals surface area contributed by atoms with Gasteiger partial charge in [0.15, 0.2) is 5.78 Å². The van der Waals surface area contributed by atoms with Crippen LogP contribution in [-0.2, 0) is 4.74 Å². The van der Waals surface area contributed by atoms with E-state index in [4.69, 9.17) is 16.3 Å². The summed E-state index contributed by atoms with van der Waals surface area (Å²) < 4.78 is 32.7. The highest BCUT2D eigenvalue weighted by atomic mass is 35.5. The van der Waals surface area contributed by atoms with Crippen LogP contribution in [0.4, 0.5) is 8.78 Å². The van der Waals surface area contributed by atoms with E-state index in [9.17, 15) is 13.6 Å². The lowest BCUT2D eigenvalue weighted by atomic mass is 9.85. The highest BCUT2D eigenvalue weighted by molar-refractivity contribution is 6.34. The van der Waals surface area contributed by atoms with Crippen molar-refractivity contribution in [1.29, 1.82) is 0 Å². The van der Waals surface area contributed by atoms with Crippen LogP contribution in [0.2, 0.25) is 5.02 Å². The van der Waals surface area contributed by atoms with Crippen molar-refractivity contribution in [3.05, 3.63) is 40.7 Å². The van der Waals surface area contributed by atoms with E-state index >= 15 is 0 Å². The molecule has 0 spiro atoms. The van der Waals surface area contributed by atoms with E-state index in [-0.39, 0.29) is 24.5 Å². The van der Waals surface area contributed by atoms with Crippen molar-refractivity contribution in [2.75, 3.05) is 13.2 Å². The summed E-state index contributed by atoms with van der Waals surface area (Å²) in [7, 11) is 0. The largest absolute Gasteiger partial charge is 0.381 e. The molecule has 3 heterocycles. The maximum atomic E-state index is 12.6. The average molecular weight is 412 g/mol. The molecule has 1 aliphatic carbocycles. The summed E-state index contributed by atoms with van der Waals surface area (Å²) in [5.74, 6) is -1.67. The van der Waals surface area contributed by atoms with E-state index in [1.165, 1.54) is 0 Å². The van der Waals surface area contributed by atoms with Crippen molar-refractivity contribution >= 4 is 22.9 Å². The van der Waals surface area contributed by atoms with Crippen molar-refractivity contribution in [2.24, 2.45) is 5.92 Å². The first-order valence-electron chi connectivity index (χ1n) is 10.1. The minimum Gasteiger partial charge on any atom is -0.381 e. The van der Waals surface area contributed by atoms with E-state index in [0.717, 1.165) is 43.7 Å². The molecule has 0 radical (unpaired) electrons. The summed E-state index contributed by atoms with van der Waals surface area (Å²) in [4.78, 5) is 11.7. The molecule has 2 aromatic rings. The maximum Gasteiger partial charge on any atom is 0.248 e. The van der Waals surface area contributed by atoms with Gasteiger partial charge in [0.2, 0.25) is 5.92 Å². The Balaban J connectivity index is 0.000000192. The number of rotatable bonds is 3. The Morgan fingerprint density at radius 3 is 2.75 bits per heavy atom. The summed E-state index contributed by atoms with van der Waals surface area (Å²) in [6.45, 7) is 5.07. The fraction of sp³-hybridized carbons (Fsp3) is 0.591. The van der Waals surface area contributed by atoms with Crippen LogP contribution in [0.15, 0.2) is 24.4 Å². The van der Waals surface area contributed by atoms with Crippen molar-refractivity contribution in [3.63, 3.8) is 0 Å². The van der Waals surface area contributed by atoms with E-state index < -0.39 is 5.92 Å².